The molecule has 0 aliphatic carbocycles. The van der Waals surface area contributed by atoms with Crippen LogP contribution in [0, 0.1) is 0 Å². The van der Waals surface area contributed by atoms with Crippen molar-refractivity contribution in [3.63, 3.8) is 0 Å². The fraction of sp³-hybridized carbons (Fsp3) is 0.120. The number of esters is 1. The number of hydrogen-bond acceptors (Lipinski definition) is 9. The summed E-state index contributed by atoms with van der Waals surface area (Å²) in [6, 6.07) is 10.9. The Hall–Kier alpha value is -4.66. The zero-order valence-electron chi connectivity index (χ0n) is 17.7. The van der Waals surface area contributed by atoms with E-state index in [4.69, 9.17) is 13.9 Å². The standard InChI is InChI=1S/C25H18O9/c1-32-20-7-11(2-5-15(20)27)13-8-22(31)33-21-10-18(30)24-17(29)9-19(34-25(24)23(13)21)12-3-4-14(26)16(28)6-12/h2-7,9-10,13,26-28,30H,8H2,1H3/t13-/m0/s1. The van der Waals surface area contributed by atoms with Crippen LogP contribution in [0.5, 0.6) is 34.5 Å². The summed E-state index contributed by atoms with van der Waals surface area (Å²) < 4.78 is 16.6. The summed E-state index contributed by atoms with van der Waals surface area (Å²) in [7, 11) is 1.40. The van der Waals surface area contributed by atoms with E-state index in [0.717, 1.165) is 6.07 Å². The molecule has 0 fully saturated rings. The van der Waals surface area contributed by atoms with E-state index in [1.807, 2.05) is 0 Å². The number of hydrogen-bond donors (Lipinski definition) is 4. The number of rotatable bonds is 3. The Morgan fingerprint density at radius 2 is 1.65 bits per heavy atom. The maximum Gasteiger partial charge on any atom is 0.312 e. The van der Waals surface area contributed by atoms with Crippen molar-refractivity contribution >= 4 is 16.9 Å². The number of methoxy groups -OCH3 is 1. The van der Waals surface area contributed by atoms with Gasteiger partial charge in [-0.15, -0.1) is 0 Å². The smallest absolute Gasteiger partial charge is 0.312 e. The molecule has 0 unspecified atom stereocenters. The summed E-state index contributed by atoms with van der Waals surface area (Å²) in [5, 5.41) is 39.9. The zero-order valence-corrected chi connectivity index (χ0v) is 17.7. The van der Waals surface area contributed by atoms with Gasteiger partial charge in [-0.3, -0.25) is 9.59 Å². The second-order valence-electron chi connectivity index (χ2n) is 7.85. The highest BCUT2D eigenvalue weighted by atomic mass is 16.5. The molecule has 4 aromatic rings. The van der Waals surface area contributed by atoms with E-state index in [2.05, 4.69) is 0 Å². The quantitative estimate of drug-likeness (QED) is 0.203. The molecule has 0 saturated carbocycles. The predicted molar refractivity (Wildman–Crippen MR) is 120 cm³/mol. The normalized spacial score (nSPS) is 15.1. The van der Waals surface area contributed by atoms with E-state index in [-0.39, 0.29) is 46.1 Å². The second kappa shape index (κ2) is 7.73. The molecule has 2 heterocycles. The average molecular weight is 462 g/mol. The van der Waals surface area contributed by atoms with Gasteiger partial charge in [0.25, 0.3) is 0 Å². The van der Waals surface area contributed by atoms with Crippen LogP contribution < -0.4 is 14.9 Å². The van der Waals surface area contributed by atoms with E-state index < -0.39 is 28.8 Å². The Morgan fingerprint density at radius 1 is 0.882 bits per heavy atom. The predicted octanol–water partition coefficient (Wildman–Crippen LogP) is 3.73. The fourth-order valence-corrected chi connectivity index (χ4v) is 4.17. The molecule has 0 bridgehead atoms. The highest BCUT2D eigenvalue weighted by Crippen LogP contribution is 2.47. The lowest BCUT2D eigenvalue weighted by atomic mass is 9.85. The molecule has 9 nitrogen and oxygen atoms in total. The van der Waals surface area contributed by atoms with Crippen molar-refractivity contribution in [3.8, 4) is 45.8 Å². The molecule has 4 N–H and O–H groups in total. The third kappa shape index (κ3) is 3.34. The van der Waals surface area contributed by atoms with Crippen molar-refractivity contribution in [2.45, 2.75) is 12.3 Å². The number of carbonyl (C=O) groups is 1. The molecule has 5 rings (SSSR count). The minimum atomic E-state index is -0.638. The lowest BCUT2D eigenvalue weighted by molar-refractivity contribution is -0.135. The van der Waals surface area contributed by atoms with Gasteiger partial charge in [0.2, 0.25) is 0 Å². The fourth-order valence-electron chi connectivity index (χ4n) is 4.17. The van der Waals surface area contributed by atoms with Gasteiger partial charge in [0, 0.05) is 29.2 Å². The summed E-state index contributed by atoms with van der Waals surface area (Å²) in [6.45, 7) is 0. The first-order valence-corrected chi connectivity index (χ1v) is 10.2. The Morgan fingerprint density at radius 3 is 2.38 bits per heavy atom. The topological polar surface area (TPSA) is 147 Å². The number of fused-ring (bicyclic) bond motifs is 3. The van der Waals surface area contributed by atoms with Gasteiger partial charge in [0.05, 0.1) is 13.5 Å². The summed E-state index contributed by atoms with van der Waals surface area (Å²) >= 11 is 0. The van der Waals surface area contributed by atoms with Gasteiger partial charge in [0.1, 0.15) is 28.2 Å². The van der Waals surface area contributed by atoms with Crippen LogP contribution in [0.2, 0.25) is 0 Å². The number of carbonyl (C=O) groups excluding carboxylic acids is 1. The van der Waals surface area contributed by atoms with Gasteiger partial charge >= 0.3 is 5.97 Å². The van der Waals surface area contributed by atoms with E-state index >= 15 is 0 Å². The van der Waals surface area contributed by atoms with Crippen LogP contribution in [0.15, 0.2) is 57.7 Å². The van der Waals surface area contributed by atoms with Crippen LogP contribution in [0.1, 0.15) is 23.5 Å². The Balaban J connectivity index is 1.81. The number of aromatic hydroxyl groups is 4. The molecule has 3 aromatic carbocycles. The van der Waals surface area contributed by atoms with Gasteiger partial charge in [-0.1, -0.05) is 6.07 Å². The molecular weight excluding hydrogens is 444 g/mol. The van der Waals surface area contributed by atoms with Crippen LogP contribution in [0.4, 0.5) is 0 Å². The Kier molecular flexibility index (Phi) is 4.82. The molecule has 0 spiro atoms. The molecule has 34 heavy (non-hydrogen) atoms. The second-order valence-corrected chi connectivity index (χ2v) is 7.85. The highest BCUT2D eigenvalue weighted by molar-refractivity contribution is 5.93. The first kappa shape index (κ1) is 21.2. The minimum absolute atomic E-state index is 0.00890. The highest BCUT2D eigenvalue weighted by Gasteiger charge is 2.34. The summed E-state index contributed by atoms with van der Waals surface area (Å²) in [5.74, 6) is -2.13. The first-order valence-electron chi connectivity index (χ1n) is 10.2. The molecule has 1 aliphatic rings. The van der Waals surface area contributed by atoms with Crippen molar-refractivity contribution in [3.05, 3.63) is 69.9 Å². The van der Waals surface area contributed by atoms with Crippen LogP contribution in [-0.2, 0) is 4.79 Å². The summed E-state index contributed by atoms with van der Waals surface area (Å²) in [6.07, 6.45) is -0.0886. The van der Waals surface area contributed by atoms with Crippen LogP contribution in [0.3, 0.4) is 0 Å². The maximum atomic E-state index is 13.0. The monoisotopic (exact) mass is 462 g/mol. The lowest BCUT2D eigenvalue weighted by Crippen LogP contribution is -2.22. The number of ether oxygens (including phenoxy) is 2. The molecule has 1 aliphatic heterocycles. The lowest BCUT2D eigenvalue weighted by Gasteiger charge is -2.26. The first-order chi connectivity index (χ1) is 16.3. The van der Waals surface area contributed by atoms with Crippen molar-refractivity contribution in [2.75, 3.05) is 7.11 Å². The molecule has 1 atom stereocenters. The number of benzene rings is 3. The zero-order chi connectivity index (χ0) is 24.1. The maximum absolute atomic E-state index is 13.0. The van der Waals surface area contributed by atoms with Crippen molar-refractivity contribution < 1.29 is 39.1 Å². The van der Waals surface area contributed by atoms with Gasteiger partial charge in [-0.25, -0.2) is 0 Å². The third-order valence-corrected chi connectivity index (χ3v) is 5.79. The Labute approximate surface area is 191 Å². The van der Waals surface area contributed by atoms with E-state index in [9.17, 15) is 30.0 Å². The molecule has 1 aromatic heterocycles. The average Bonchev–Trinajstić information content (AvgIpc) is 2.80. The minimum Gasteiger partial charge on any atom is -0.507 e. The Bertz CT molecular complexity index is 1530. The van der Waals surface area contributed by atoms with Gasteiger partial charge in [0.15, 0.2) is 28.4 Å². The van der Waals surface area contributed by atoms with Crippen molar-refractivity contribution in [2.24, 2.45) is 0 Å². The summed E-state index contributed by atoms with van der Waals surface area (Å²) in [4.78, 5) is 25.4. The molecule has 0 amide bonds. The molecule has 0 saturated heterocycles. The number of phenols is 4. The van der Waals surface area contributed by atoms with E-state index in [1.54, 1.807) is 12.1 Å². The van der Waals surface area contributed by atoms with Crippen LogP contribution >= 0.6 is 0 Å². The molecule has 9 heteroatoms. The van der Waals surface area contributed by atoms with Crippen LogP contribution in [-0.4, -0.2) is 33.5 Å². The molecule has 0 radical (unpaired) electrons. The van der Waals surface area contributed by atoms with Crippen molar-refractivity contribution in [1.82, 2.24) is 0 Å². The number of phenolic OH excluding ortho intramolecular Hbond substituents is 4. The molecule has 172 valence electrons. The largest absolute Gasteiger partial charge is 0.507 e. The third-order valence-electron chi connectivity index (χ3n) is 5.79. The van der Waals surface area contributed by atoms with Gasteiger partial charge in [-0.05, 0) is 35.9 Å². The van der Waals surface area contributed by atoms with Crippen LogP contribution in [0.25, 0.3) is 22.3 Å². The van der Waals surface area contributed by atoms with Gasteiger partial charge in [-0.2, -0.15) is 0 Å². The SMILES string of the molecule is COc1cc([C@@H]2CC(=O)Oc3cc(O)c4c(=O)cc(-c5ccc(O)c(O)c5)oc4c32)ccc1O. The van der Waals surface area contributed by atoms with E-state index in [1.165, 1.54) is 37.4 Å². The summed E-state index contributed by atoms with van der Waals surface area (Å²) in [5.41, 5.74) is 0.719. The van der Waals surface area contributed by atoms with Gasteiger partial charge < -0.3 is 34.3 Å². The molecular formula is C25H18O9. The van der Waals surface area contributed by atoms with Crippen molar-refractivity contribution in [1.29, 1.82) is 0 Å². The van der Waals surface area contributed by atoms with E-state index in [0.29, 0.717) is 16.7 Å².